The number of para-hydroxylation sites is 1. The van der Waals surface area contributed by atoms with Gasteiger partial charge in [-0.25, -0.2) is 0 Å². The smallest absolute Gasteiger partial charge is 0.122 e. The summed E-state index contributed by atoms with van der Waals surface area (Å²) in [6.45, 7) is 9.56. The quantitative estimate of drug-likeness (QED) is 0.697. The summed E-state index contributed by atoms with van der Waals surface area (Å²) in [7, 11) is 0. The first-order valence-corrected chi connectivity index (χ1v) is 6.59. The molecule has 96 valence electrons. The van der Waals surface area contributed by atoms with Gasteiger partial charge in [0.15, 0.2) is 0 Å². The van der Waals surface area contributed by atoms with Crippen LogP contribution in [0.1, 0.15) is 32.3 Å². The Kier molecular flexibility index (Phi) is 6.71. The molecule has 0 fully saturated rings. The molecular formula is C15H25NO. The van der Waals surface area contributed by atoms with Crippen molar-refractivity contribution in [3.05, 3.63) is 29.8 Å². The van der Waals surface area contributed by atoms with Gasteiger partial charge in [-0.3, -0.25) is 0 Å². The van der Waals surface area contributed by atoms with Gasteiger partial charge in [0.1, 0.15) is 5.75 Å². The zero-order valence-electron chi connectivity index (χ0n) is 11.3. The zero-order chi connectivity index (χ0) is 12.5. The van der Waals surface area contributed by atoms with Gasteiger partial charge in [-0.15, -0.1) is 0 Å². The summed E-state index contributed by atoms with van der Waals surface area (Å²) in [4.78, 5) is 0. The van der Waals surface area contributed by atoms with E-state index >= 15 is 0 Å². The molecule has 0 aromatic heterocycles. The first-order chi connectivity index (χ1) is 8.20. The molecule has 0 aliphatic carbocycles. The van der Waals surface area contributed by atoms with Gasteiger partial charge in [0, 0.05) is 0 Å². The molecule has 0 amide bonds. The topological polar surface area (TPSA) is 21.3 Å². The number of rotatable bonds is 8. The van der Waals surface area contributed by atoms with Crippen LogP contribution in [0.15, 0.2) is 24.3 Å². The van der Waals surface area contributed by atoms with E-state index < -0.39 is 0 Å². The Hall–Kier alpha value is -1.02. The minimum absolute atomic E-state index is 0.734. The molecule has 2 nitrogen and oxygen atoms in total. The Morgan fingerprint density at radius 1 is 1.18 bits per heavy atom. The fourth-order valence-electron chi connectivity index (χ4n) is 1.64. The van der Waals surface area contributed by atoms with Gasteiger partial charge in [-0.1, -0.05) is 32.0 Å². The highest BCUT2D eigenvalue weighted by molar-refractivity contribution is 5.31. The third-order valence-corrected chi connectivity index (χ3v) is 2.65. The minimum atomic E-state index is 0.734. The van der Waals surface area contributed by atoms with E-state index in [9.17, 15) is 0 Å². The number of ether oxygens (including phenoxy) is 1. The lowest BCUT2D eigenvalue weighted by Gasteiger charge is -2.09. The molecule has 0 saturated carbocycles. The van der Waals surface area contributed by atoms with Crippen molar-refractivity contribution in [2.24, 2.45) is 5.92 Å². The van der Waals surface area contributed by atoms with Crippen molar-refractivity contribution in [2.45, 2.75) is 33.6 Å². The maximum atomic E-state index is 5.74. The van der Waals surface area contributed by atoms with Gasteiger partial charge in [0.05, 0.1) is 6.61 Å². The lowest BCUT2D eigenvalue weighted by molar-refractivity contribution is 0.303. The molecule has 0 unspecified atom stereocenters. The van der Waals surface area contributed by atoms with Crippen LogP contribution in [0, 0.1) is 12.8 Å². The van der Waals surface area contributed by atoms with Gasteiger partial charge in [-0.05, 0) is 50.4 Å². The average Bonchev–Trinajstić information content (AvgIpc) is 2.30. The van der Waals surface area contributed by atoms with Crippen molar-refractivity contribution in [3.8, 4) is 5.75 Å². The van der Waals surface area contributed by atoms with Crippen LogP contribution in [0.4, 0.5) is 0 Å². The highest BCUT2D eigenvalue weighted by Gasteiger charge is 1.97. The second-order valence-electron chi connectivity index (χ2n) is 4.92. The largest absolute Gasteiger partial charge is 0.493 e. The second kappa shape index (κ2) is 8.13. The van der Waals surface area contributed by atoms with Crippen LogP contribution in [0.5, 0.6) is 5.75 Å². The number of nitrogens with one attached hydrogen (secondary N) is 1. The predicted molar refractivity (Wildman–Crippen MR) is 73.6 cm³/mol. The van der Waals surface area contributed by atoms with E-state index in [1.165, 1.54) is 12.0 Å². The SMILES string of the molecule is Cc1ccccc1OCCCCNCC(C)C. The predicted octanol–water partition coefficient (Wildman–Crippen LogP) is 3.40. The summed E-state index contributed by atoms with van der Waals surface area (Å²) < 4.78 is 5.74. The fraction of sp³-hybridized carbons (Fsp3) is 0.600. The van der Waals surface area contributed by atoms with Crippen LogP contribution in [0.25, 0.3) is 0 Å². The van der Waals surface area contributed by atoms with Crippen LogP contribution < -0.4 is 10.1 Å². The molecule has 1 aromatic carbocycles. The first kappa shape index (κ1) is 14.0. The summed E-state index contributed by atoms with van der Waals surface area (Å²) in [5, 5.41) is 3.44. The molecule has 0 saturated heterocycles. The summed E-state index contributed by atoms with van der Waals surface area (Å²) in [6.07, 6.45) is 2.29. The number of hydrogen-bond acceptors (Lipinski definition) is 2. The van der Waals surface area contributed by atoms with Crippen LogP contribution in [-0.2, 0) is 0 Å². The van der Waals surface area contributed by atoms with E-state index in [0.717, 1.165) is 37.8 Å². The third-order valence-electron chi connectivity index (χ3n) is 2.65. The van der Waals surface area contributed by atoms with Crippen molar-refractivity contribution in [1.82, 2.24) is 5.32 Å². The summed E-state index contributed by atoms with van der Waals surface area (Å²) in [5.74, 6) is 1.75. The van der Waals surface area contributed by atoms with Crippen LogP contribution in [-0.4, -0.2) is 19.7 Å². The Balaban J connectivity index is 2.03. The summed E-state index contributed by atoms with van der Waals surface area (Å²) in [5.41, 5.74) is 1.21. The molecule has 0 aliphatic heterocycles. The van der Waals surface area contributed by atoms with E-state index in [-0.39, 0.29) is 0 Å². The molecule has 0 atom stereocenters. The molecule has 2 heteroatoms. The molecule has 0 radical (unpaired) electrons. The van der Waals surface area contributed by atoms with Crippen molar-refractivity contribution in [1.29, 1.82) is 0 Å². The summed E-state index contributed by atoms with van der Waals surface area (Å²) >= 11 is 0. The van der Waals surface area contributed by atoms with Crippen LogP contribution >= 0.6 is 0 Å². The standard InChI is InChI=1S/C15H25NO/c1-13(2)12-16-10-6-7-11-17-15-9-5-4-8-14(15)3/h4-5,8-9,13,16H,6-7,10-12H2,1-3H3. The lowest BCUT2D eigenvalue weighted by Crippen LogP contribution is -2.21. The van der Waals surface area contributed by atoms with Crippen molar-refractivity contribution < 1.29 is 4.74 Å². The third kappa shape index (κ3) is 6.32. The Labute approximate surface area is 105 Å². The first-order valence-electron chi connectivity index (χ1n) is 6.59. The average molecular weight is 235 g/mol. The van der Waals surface area contributed by atoms with E-state index in [2.05, 4.69) is 32.2 Å². The Morgan fingerprint density at radius 2 is 1.94 bits per heavy atom. The minimum Gasteiger partial charge on any atom is -0.493 e. The van der Waals surface area contributed by atoms with Gasteiger partial charge < -0.3 is 10.1 Å². The Morgan fingerprint density at radius 3 is 2.65 bits per heavy atom. The van der Waals surface area contributed by atoms with Crippen molar-refractivity contribution >= 4 is 0 Å². The fourth-order valence-corrected chi connectivity index (χ4v) is 1.64. The van der Waals surface area contributed by atoms with Gasteiger partial charge in [0.25, 0.3) is 0 Å². The van der Waals surface area contributed by atoms with Crippen molar-refractivity contribution in [2.75, 3.05) is 19.7 Å². The van der Waals surface area contributed by atoms with Gasteiger partial charge >= 0.3 is 0 Å². The molecule has 0 heterocycles. The monoisotopic (exact) mass is 235 g/mol. The molecule has 0 spiro atoms. The zero-order valence-corrected chi connectivity index (χ0v) is 11.3. The highest BCUT2D eigenvalue weighted by Crippen LogP contribution is 2.16. The Bertz CT molecular complexity index is 310. The van der Waals surface area contributed by atoms with E-state index in [1.807, 2.05) is 18.2 Å². The maximum Gasteiger partial charge on any atom is 0.122 e. The van der Waals surface area contributed by atoms with Crippen LogP contribution in [0.3, 0.4) is 0 Å². The van der Waals surface area contributed by atoms with Crippen LogP contribution in [0.2, 0.25) is 0 Å². The summed E-state index contributed by atoms with van der Waals surface area (Å²) in [6, 6.07) is 8.18. The molecule has 0 aliphatic rings. The molecule has 1 N–H and O–H groups in total. The number of benzene rings is 1. The lowest BCUT2D eigenvalue weighted by atomic mass is 10.2. The molecular weight excluding hydrogens is 210 g/mol. The number of hydrogen-bond donors (Lipinski definition) is 1. The second-order valence-corrected chi connectivity index (χ2v) is 4.92. The molecule has 17 heavy (non-hydrogen) atoms. The molecule has 1 rings (SSSR count). The molecule has 0 bridgehead atoms. The normalized spacial score (nSPS) is 10.8. The van der Waals surface area contributed by atoms with Crippen molar-refractivity contribution in [3.63, 3.8) is 0 Å². The molecule has 1 aromatic rings. The maximum absolute atomic E-state index is 5.74. The number of aryl methyl sites for hydroxylation is 1. The van der Waals surface area contributed by atoms with Gasteiger partial charge in [0.2, 0.25) is 0 Å². The van der Waals surface area contributed by atoms with E-state index in [4.69, 9.17) is 4.74 Å². The van der Waals surface area contributed by atoms with E-state index in [1.54, 1.807) is 0 Å². The highest BCUT2D eigenvalue weighted by atomic mass is 16.5. The van der Waals surface area contributed by atoms with E-state index in [0.29, 0.717) is 0 Å². The number of unbranched alkanes of at least 4 members (excludes halogenated alkanes) is 1. The van der Waals surface area contributed by atoms with Gasteiger partial charge in [-0.2, -0.15) is 0 Å².